The third-order valence-corrected chi connectivity index (χ3v) is 7.00. The predicted octanol–water partition coefficient (Wildman–Crippen LogP) is 7.31. The normalized spacial score (nSPS) is 16.6. The van der Waals surface area contributed by atoms with Gasteiger partial charge in [0.1, 0.15) is 5.75 Å². The van der Waals surface area contributed by atoms with Gasteiger partial charge in [-0.3, -0.25) is 9.97 Å². The summed E-state index contributed by atoms with van der Waals surface area (Å²) >= 11 is 0. The molecule has 1 aliphatic heterocycles. The van der Waals surface area contributed by atoms with E-state index in [0.29, 0.717) is 17.0 Å². The number of anilines is 1. The number of pyridine rings is 2. The van der Waals surface area contributed by atoms with Crippen LogP contribution in [0, 0.1) is 12.3 Å². The molecule has 1 unspecified atom stereocenters. The van der Waals surface area contributed by atoms with Gasteiger partial charge in [0.05, 0.1) is 29.3 Å². The number of carbonyl (C=O) groups excluding carboxylic acids is 1. The molecule has 40 heavy (non-hydrogen) atoms. The topological polar surface area (TPSA) is 73.8 Å². The molecular formula is C31H45F2N3O4. The lowest BCUT2D eigenvalue weighted by atomic mass is 9.82. The van der Waals surface area contributed by atoms with Crippen molar-refractivity contribution >= 4 is 11.7 Å². The lowest BCUT2D eigenvalue weighted by Gasteiger charge is -2.41. The van der Waals surface area contributed by atoms with Crippen molar-refractivity contribution in [2.24, 2.45) is 5.41 Å². The second-order valence-electron chi connectivity index (χ2n) is 12.6. The minimum absolute atomic E-state index is 0.203. The Morgan fingerprint density at radius 2 is 1.75 bits per heavy atom. The molecule has 7 nitrogen and oxygen atoms in total. The van der Waals surface area contributed by atoms with Gasteiger partial charge in [-0.05, 0) is 71.9 Å². The number of hydrogen-bond acceptors (Lipinski definition) is 7. The van der Waals surface area contributed by atoms with Crippen LogP contribution in [0.15, 0.2) is 24.5 Å². The van der Waals surface area contributed by atoms with Crippen LogP contribution < -0.4 is 9.64 Å². The van der Waals surface area contributed by atoms with Gasteiger partial charge >= 0.3 is 5.97 Å². The van der Waals surface area contributed by atoms with Crippen LogP contribution in [-0.4, -0.2) is 53.3 Å². The Morgan fingerprint density at radius 1 is 1.10 bits per heavy atom. The molecule has 1 fully saturated rings. The molecule has 0 spiro atoms. The molecule has 3 heterocycles. The van der Waals surface area contributed by atoms with E-state index in [1.165, 1.54) is 13.1 Å². The maximum Gasteiger partial charge on any atom is 0.340 e. The summed E-state index contributed by atoms with van der Waals surface area (Å²) in [5.74, 6) is -3.12. The number of alkyl halides is 2. The van der Waals surface area contributed by atoms with Gasteiger partial charge in [-0.25, -0.2) is 13.6 Å². The third-order valence-electron chi connectivity index (χ3n) is 7.00. The maximum absolute atomic E-state index is 13.7. The van der Waals surface area contributed by atoms with Crippen molar-refractivity contribution in [1.82, 2.24) is 9.97 Å². The lowest BCUT2D eigenvalue weighted by molar-refractivity contribution is -0.171. The zero-order valence-electron chi connectivity index (χ0n) is 25.4. The minimum Gasteiger partial charge on any atom is -0.486 e. The van der Waals surface area contributed by atoms with Gasteiger partial charge in [-0.1, -0.05) is 20.8 Å². The predicted molar refractivity (Wildman–Crippen MR) is 153 cm³/mol. The molecule has 2 aromatic rings. The number of nitrogens with zero attached hydrogens (tertiary/aromatic N) is 3. The summed E-state index contributed by atoms with van der Waals surface area (Å²) < 4.78 is 44.8. The zero-order valence-corrected chi connectivity index (χ0v) is 25.4. The van der Waals surface area contributed by atoms with E-state index < -0.39 is 30.2 Å². The quantitative estimate of drug-likeness (QED) is 0.282. The third kappa shape index (κ3) is 8.35. The molecule has 0 bridgehead atoms. The van der Waals surface area contributed by atoms with Gasteiger partial charge < -0.3 is 19.1 Å². The largest absolute Gasteiger partial charge is 0.486 e. The SMILES string of the molecule is CCC(F)(F)COc1ccc(-c2cnc(C)c(C(OC(C)(C)C)C(=O)OC(C)C)c2N2CCC(C)(C)CC2)nc1. The van der Waals surface area contributed by atoms with E-state index in [9.17, 15) is 13.6 Å². The monoisotopic (exact) mass is 561 g/mol. The number of carbonyl (C=O) groups is 1. The second-order valence-corrected chi connectivity index (χ2v) is 12.6. The van der Waals surface area contributed by atoms with Crippen LogP contribution in [-0.2, 0) is 14.3 Å². The summed E-state index contributed by atoms with van der Waals surface area (Å²) in [6, 6.07) is 3.37. The number of piperidine rings is 1. The average molecular weight is 562 g/mol. The molecule has 1 atom stereocenters. The highest BCUT2D eigenvalue weighted by molar-refractivity contribution is 5.86. The van der Waals surface area contributed by atoms with E-state index in [2.05, 4.69) is 28.7 Å². The fourth-order valence-corrected chi connectivity index (χ4v) is 4.57. The molecule has 0 radical (unpaired) electrons. The first-order valence-electron chi connectivity index (χ1n) is 14.1. The van der Waals surface area contributed by atoms with Crippen molar-refractivity contribution in [3.05, 3.63) is 35.8 Å². The summed E-state index contributed by atoms with van der Waals surface area (Å²) in [4.78, 5) is 25.0. The molecule has 3 rings (SSSR count). The van der Waals surface area contributed by atoms with Crippen molar-refractivity contribution < 1.29 is 27.8 Å². The van der Waals surface area contributed by atoms with Gasteiger partial charge in [0.25, 0.3) is 5.92 Å². The maximum atomic E-state index is 13.7. The van der Waals surface area contributed by atoms with Crippen LogP contribution in [0.2, 0.25) is 0 Å². The van der Waals surface area contributed by atoms with Gasteiger partial charge in [-0.15, -0.1) is 0 Å². The number of aryl methyl sites for hydroxylation is 1. The molecule has 1 aliphatic rings. The lowest BCUT2D eigenvalue weighted by Crippen LogP contribution is -2.39. The van der Waals surface area contributed by atoms with Crippen LogP contribution in [0.25, 0.3) is 11.3 Å². The minimum atomic E-state index is -2.91. The van der Waals surface area contributed by atoms with Gasteiger partial charge in [-0.2, -0.15) is 0 Å². The number of ether oxygens (including phenoxy) is 3. The molecule has 0 N–H and O–H groups in total. The summed E-state index contributed by atoms with van der Waals surface area (Å²) in [7, 11) is 0. The molecule has 1 saturated heterocycles. The van der Waals surface area contributed by atoms with Crippen molar-refractivity contribution in [2.45, 2.75) is 105 Å². The summed E-state index contributed by atoms with van der Waals surface area (Å²) in [6.45, 7) is 18.0. The Kier molecular flexibility index (Phi) is 9.81. The van der Waals surface area contributed by atoms with Crippen LogP contribution in [0.4, 0.5) is 14.5 Å². The van der Waals surface area contributed by atoms with E-state index in [4.69, 9.17) is 14.2 Å². The Morgan fingerprint density at radius 3 is 2.27 bits per heavy atom. The number of aromatic nitrogens is 2. The number of esters is 1. The smallest absolute Gasteiger partial charge is 0.340 e. The van der Waals surface area contributed by atoms with E-state index >= 15 is 0 Å². The first-order chi connectivity index (χ1) is 18.5. The highest BCUT2D eigenvalue weighted by atomic mass is 19.3. The van der Waals surface area contributed by atoms with Crippen LogP contribution in [0.1, 0.15) is 92.0 Å². The highest BCUT2D eigenvalue weighted by Gasteiger charge is 2.37. The van der Waals surface area contributed by atoms with Crippen molar-refractivity contribution in [3.8, 4) is 17.0 Å². The molecule has 0 amide bonds. The van der Waals surface area contributed by atoms with Crippen LogP contribution in [0.3, 0.4) is 0 Å². The Bertz CT molecular complexity index is 1150. The number of hydrogen-bond donors (Lipinski definition) is 0. The van der Waals surface area contributed by atoms with Crippen molar-refractivity contribution in [1.29, 1.82) is 0 Å². The molecular weight excluding hydrogens is 516 g/mol. The molecule has 0 saturated carbocycles. The molecule has 222 valence electrons. The molecule has 9 heteroatoms. The van der Waals surface area contributed by atoms with E-state index in [-0.39, 0.29) is 23.7 Å². The summed E-state index contributed by atoms with van der Waals surface area (Å²) in [6.07, 6.45) is 3.52. The summed E-state index contributed by atoms with van der Waals surface area (Å²) in [5, 5.41) is 0. The van der Waals surface area contributed by atoms with E-state index in [0.717, 1.165) is 37.2 Å². The first kappa shape index (κ1) is 31.7. The Labute approximate surface area is 237 Å². The van der Waals surface area contributed by atoms with Gasteiger partial charge in [0, 0.05) is 42.5 Å². The molecule has 0 aromatic carbocycles. The van der Waals surface area contributed by atoms with Crippen molar-refractivity contribution in [2.75, 3.05) is 24.6 Å². The second kappa shape index (κ2) is 12.4. The Hall–Kier alpha value is -2.81. The molecule has 0 aliphatic carbocycles. The average Bonchev–Trinajstić information content (AvgIpc) is 2.86. The van der Waals surface area contributed by atoms with E-state index in [1.54, 1.807) is 18.3 Å². The van der Waals surface area contributed by atoms with Gasteiger partial charge in [0.2, 0.25) is 0 Å². The van der Waals surface area contributed by atoms with Crippen LogP contribution in [0.5, 0.6) is 5.75 Å². The number of halogens is 2. The Balaban J connectivity index is 2.14. The van der Waals surface area contributed by atoms with Crippen molar-refractivity contribution in [3.63, 3.8) is 0 Å². The molecule has 2 aromatic heterocycles. The highest BCUT2D eigenvalue weighted by Crippen LogP contribution is 2.43. The first-order valence-corrected chi connectivity index (χ1v) is 14.1. The fourth-order valence-electron chi connectivity index (χ4n) is 4.57. The fraction of sp³-hybridized carbons (Fsp3) is 0.645. The standard InChI is InChI=1S/C31H45F2N3O4/c1-10-31(32,33)19-38-22-11-12-24(35-17-22)23-18-34-21(4)25(26(23)36-15-13-30(8,9)14-16-36)27(40-29(5,6)7)28(37)39-20(2)3/h11-12,17-18,20,27H,10,13-16,19H2,1-9H3. The van der Waals surface area contributed by atoms with E-state index in [1.807, 2.05) is 41.5 Å². The van der Waals surface area contributed by atoms with Gasteiger partial charge in [0.15, 0.2) is 12.7 Å². The van der Waals surface area contributed by atoms with Crippen LogP contribution >= 0.6 is 0 Å². The summed E-state index contributed by atoms with van der Waals surface area (Å²) in [5.41, 5.74) is 3.04. The zero-order chi connectivity index (χ0) is 29.9. The number of rotatable bonds is 10.